The maximum atomic E-state index is 7.32. The Balaban J connectivity index is 4.60. The molecule has 0 aromatic carbocycles. The lowest BCUT2D eigenvalue weighted by atomic mass is 9.96. The molecular weight excluding hydrogens is 190 g/mol. The standard InChI is InChI=1S/C11H23N3O/c1-5-7-9(3)11(15-6-2)10(8-12)14-13-4/h8-9,11-13H,5-7H2,1-4H3/b12-8?,14-10+/t9-,11-/m0/s1. The molecular formula is C11H23N3O. The molecule has 0 saturated carbocycles. The van der Waals surface area contributed by atoms with Crippen molar-refractivity contribution >= 4 is 11.9 Å². The molecule has 0 aromatic rings. The largest absolute Gasteiger partial charge is 0.372 e. The quantitative estimate of drug-likeness (QED) is 0.479. The van der Waals surface area contributed by atoms with Crippen molar-refractivity contribution in [2.75, 3.05) is 13.7 Å². The summed E-state index contributed by atoms with van der Waals surface area (Å²) in [5.74, 6) is 0.392. The summed E-state index contributed by atoms with van der Waals surface area (Å²) in [5, 5.41) is 11.4. The summed E-state index contributed by atoms with van der Waals surface area (Å²) >= 11 is 0. The molecule has 0 aliphatic carbocycles. The van der Waals surface area contributed by atoms with Crippen LogP contribution in [0.5, 0.6) is 0 Å². The van der Waals surface area contributed by atoms with Crippen molar-refractivity contribution < 1.29 is 4.74 Å². The summed E-state index contributed by atoms with van der Waals surface area (Å²) in [6, 6.07) is 0. The van der Waals surface area contributed by atoms with Gasteiger partial charge in [-0.25, -0.2) is 0 Å². The van der Waals surface area contributed by atoms with E-state index in [1.165, 1.54) is 6.21 Å². The molecule has 0 aliphatic rings. The van der Waals surface area contributed by atoms with E-state index in [0.717, 1.165) is 12.8 Å². The molecule has 0 radical (unpaired) electrons. The summed E-state index contributed by atoms with van der Waals surface area (Å²) in [5.41, 5.74) is 3.38. The van der Waals surface area contributed by atoms with Crippen LogP contribution in [0.2, 0.25) is 0 Å². The van der Waals surface area contributed by atoms with E-state index in [0.29, 0.717) is 18.2 Å². The molecule has 0 amide bonds. The summed E-state index contributed by atoms with van der Waals surface area (Å²) in [6.07, 6.45) is 3.40. The lowest BCUT2D eigenvalue weighted by Crippen LogP contribution is -2.33. The lowest BCUT2D eigenvalue weighted by molar-refractivity contribution is 0.0708. The third kappa shape index (κ3) is 4.93. The number of nitrogens with zero attached hydrogens (tertiary/aromatic N) is 1. The SMILES string of the molecule is CCC[C@H](C)[C@H](OCC)/C(C=N)=N/NC. The van der Waals surface area contributed by atoms with E-state index in [4.69, 9.17) is 10.1 Å². The van der Waals surface area contributed by atoms with Crippen molar-refractivity contribution in [3.8, 4) is 0 Å². The van der Waals surface area contributed by atoms with Crippen molar-refractivity contribution in [3.05, 3.63) is 0 Å². The highest BCUT2D eigenvalue weighted by molar-refractivity contribution is 6.31. The van der Waals surface area contributed by atoms with Gasteiger partial charge >= 0.3 is 0 Å². The number of hydrogen-bond acceptors (Lipinski definition) is 4. The highest BCUT2D eigenvalue weighted by atomic mass is 16.5. The topological polar surface area (TPSA) is 57.5 Å². The van der Waals surface area contributed by atoms with Crippen molar-refractivity contribution in [2.24, 2.45) is 11.0 Å². The van der Waals surface area contributed by atoms with E-state index in [9.17, 15) is 0 Å². The van der Waals surface area contributed by atoms with Crippen LogP contribution in [0.3, 0.4) is 0 Å². The molecule has 4 nitrogen and oxygen atoms in total. The van der Waals surface area contributed by atoms with Gasteiger partial charge in [0.1, 0.15) is 11.8 Å². The monoisotopic (exact) mass is 213 g/mol. The Morgan fingerprint density at radius 3 is 2.60 bits per heavy atom. The average molecular weight is 213 g/mol. The van der Waals surface area contributed by atoms with Gasteiger partial charge in [-0.3, -0.25) is 0 Å². The van der Waals surface area contributed by atoms with Gasteiger partial charge in [-0.1, -0.05) is 20.3 Å². The van der Waals surface area contributed by atoms with Crippen molar-refractivity contribution in [3.63, 3.8) is 0 Å². The van der Waals surface area contributed by atoms with Crippen molar-refractivity contribution in [1.82, 2.24) is 5.43 Å². The molecule has 2 N–H and O–H groups in total. The molecule has 0 aromatic heterocycles. The molecule has 0 heterocycles. The van der Waals surface area contributed by atoms with Gasteiger partial charge in [-0.05, 0) is 19.3 Å². The van der Waals surface area contributed by atoms with Crippen LogP contribution in [0.25, 0.3) is 0 Å². The lowest BCUT2D eigenvalue weighted by Gasteiger charge is -2.23. The molecule has 88 valence electrons. The predicted octanol–water partition coefficient (Wildman–Crippen LogP) is 2.05. The molecule has 0 unspecified atom stereocenters. The van der Waals surface area contributed by atoms with Crippen LogP contribution in [-0.2, 0) is 4.74 Å². The first-order chi connectivity index (χ1) is 7.21. The molecule has 0 spiro atoms. The van der Waals surface area contributed by atoms with Gasteiger partial charge in [0.15, 0.2) is 0 Å². The van der Waals surface area contributed by atoms with Crippen LogP contribution < -0.4 is 5.43 Å². The molecule has 15 heavy (non-hydrogen) atoms. The zero-order valence-electron chi connectivity index (χ0n) is 10.2. The molecule has 2 atom stereocenters. The fourth-order valence-corrected chi connectivity index (χ4v) is 1.63. The zero-order valence-corrected chi connectivity index (χ0v) is 10.2. The van der Waals surface area contributed by atoms with Crippen LogP contribution in [0.4, 0.5) is 0 Å². The van der Waals surface area contributed by atoms with Gasteiger partial charge in [0, 0.05) is 19.9 Å². The van der Waals surface area contributed by atoms with Crippen molar-refractivity contribution in [1.29, 1.82) is 5.41 Å². The molecule has 0 fully saturated rings. The second-order valence-corrected chi connectivity index (χ2v) is 3.55. The Morgan fingerprint density at radius 1 is 1.53 bits per heavy atom. The Morgan fingerprint density at radius 2 is 2.20 bits per heavy atom. The van der Waals surface area contributed by atoms with E-state index in [1.54, 1.807) is 7.05 Å². The third-order valence-corrected chi connectivity index (χ3v) is 2.29. The Kier molecular flexibility index (Phi) is 7.91. The highest BCUT2D eigenvalue weighted by Crippen LogP contribution is 2.15. The van der Waals surface area contributed by atoms with Gasteiger partial charge in [-0.15, -0.1) is 0 Å². The highest BCUT2D eigenvalue weighted by Gasteiger charge is 2.21. The number of ether oxygens (including phenoxy) is 1. The van der Waals surface area contributed by atoms with Crippen LogP contribution >= 0.6 is 0 Å². The van der Waals surface area contributed by atoms with Crippen LogP contribution in [-0.4, -0.2) is 31.7 Å². The minimum absolute atomic E-state index is 0.0695. The van der Waals surface area contributed by atoms with E-state index in [-0.39, 0.29) is 6.10 Å². The van der Waals surface area contributed by atoms with E-state index < -0.39 is 0 Å². The van der Waals surface area contributed by atoms with Gasteiger partial charge in [0.05, 0.1) is 0 Å². The first kappa shape index (κ1) is 14.1. The number of nitrogens with one attached hydrogen (secondary N) is 2. The summed E-state index contributed by atoms with van der Waals surface area (Å²) < 4.78 is 5.64. The second kappa shape index (κ2) is 8.41. The fourth-order valence-electron chi connectivity index (χ4n) is 1.63. The molecule has 4 heteroatoms. The smallest absolute Gasteiger partial charge is 0.107 e. The first-order valence-corrected chi connectivity index (χ1v) is 5.57. The minimum atomic E-state index is -0.0695. The zero-order chi connectivity index (χ0) is 11.7. The number of rotatable bonds is 8. The number of hydrogen-bond donors (Lipinski definition) is 2. The summed E-state index contributed by atoms with van der Waals surface area (Å²) in [4.78, 5) is 0. The number of hydrazone groups is 1. The second-order valence-electron chi connectivity index (χ2n) is 3.55. The van der Waals surface area contributed by atoms with Crippen molar-refractivity contribution in [2.45, 2.75) is 39.7 Å². The Bertz CT molecular complexity index is 204. The molecule has 0 saturated heterocycles. The summed E-state index contributed by atoms with van der Waals surface area (Å²) in [7, 11) is 1.73. The maximum absolute atomic E-state index is 7.32. The van der Waals surface area contributed by atoms with Gasteiger partial charge < -0.3 is 15.6 Å². The molecule has 0 rings (SSSR count). The summed E-state index contributed by atoms with van der Waals surface area (Å²) in [6.45, 7) is 6.90. The predicted molar refractivity (Wildman–Crippen MR) is 64.8 cm³/mol. The van der Waals surface area contributed by atoms with Gasteiger partial charge in [-0.2, -0.15) is 5.10 Å². The van der Waals surface area contributed by atoms with E-state index >= 15 is 0 Å². The van der Waals surface area contributed by atoms with E-state index in [1.807, 2.05) is 6.92 Å². The van der Waals surface area contributed by atoms with Gasteiger partial charge in [0.2, 0.25) is 0 Å². The van der Waals surface area contributed by atoms with Crippen LogP contribution in [0.15, 0.2) is 5.10 Å². The first-order valence-electron chi connectivity index (χ1n) is 5.57. The van der Waals surface area contributed by atoms with Crippen LogP contribution in [0, 0.1) is 11.3 Å². The normalized spacial score (nSPS) is 15.9. The third-order valence-electron chi connectivity index (χ3n) is 2.29. The van der Waals surface area contributed by atoms with Gasteiger partial charge in [0.25, 0.3) is 0 Å². The minimum Gasteiger partial charge on any atom is -0.372 e. The van der Waals surface area contributed by atoms with E-state index in [2.05, 4.69) is 24.4 Å². The fraction of sp³-hybridized carbons (Fsp3) is 0.818. The maximum Gasteiger partial charge on any atom is 0.107 e. The molecule has 0 aliphatic heterocycles. The Labute approximate surface area is 92.6 Å². The average Bonchev–Trinajstić information content (AvgIpc) is 2.23. The Hall–Kier alpha value is -0.900. The molecule has 0 bridgehead atoms. The van der Waals surface area contributed by atoms with Crippen LogP contribution in [0.1, 0.15) is 33.6 Å².